The van der Waals surface area contributed by atoms with Crippen LogP contribution in [0.25, 0.3) is 11.1 Å². The molecule has 0 unspecified atom stereocenters. The van der Waals surface area contributed by atoms with Crippen molar-refractivity contribution in [2.75, 3.05) is 0 Å². The number of carboxylic acids is 1. The van der Waals surface area contributed by atoms with Gasteiger partial charge in [0.2, 0.25) is 0 Å². The van der Waals surface area contributed by atoms with Gasteiger partial charge in [0.25, 0.3) is 0 Å². The summed E-state index contributed by atoms with van der Waals surface area (Å²) in [7, 11) is 0. The van der Waals surface area contributed by atoms with E-state index in [1.165, 1.54) is 12.1 Å². The maximum atomic E-state index is 13.1. The van der Waals surface area contributed by atoms with E-state index in [2.05, 4.69) is 0 Å². The van der Waals surface area contributed by atoms with Gasteiger partial charge in [0, 0.05) is 6.07 Å². The molecule has 0 spiro atoms. The zero-order chi connectivity index (χ0) is 14.2. The molecule has 3 nitrogen and oxygen atoms in total. The summed E-state index contributed by atoms with van der Waals surface area (Å²) in [5.74, 6) is -3.19. The van der Waals surface area contributed by atoms with Crippen LogP contribution in [-0.2, 0) is 0 Å². The standard InChI is InChI=1S/C13H7F2IO3/c14-8-1-6(2-9(15)5-8)7-3-10(13(18)19)12(17)11(16)4-7/h1-5,17H,(H,18,19). The molecular weight excluding hydrogens is 369 g/mol. The molecule has 19 heavy (non-hydrogen) atoms. The SMILES string of the molecule is O=C(O)c1cc(-c2cc(F)cc(F)c2)cc(I)c1O. The number of aromatic carboxylic acids is 1. The number of phenols is 1. The normalized spacial score (nSPS) is 10.5. The minimum absolute atomic E-state index is 0.206. The molecule has 0 fully saturated rings. The van der Waals surface area contributed by atoms with E-state index in [1.54, 1.807) is 22.6 Å². The summed E-state index contributed by atoms with van der Waals surface area (Å²) in [6.07, 6.45) is 0. The third-order valence-electron chi connectivity index (χ3n) is 2.49. The highest BCUT2D eigenvalue weighted by atomic mass is 127. The molecule has 0 atom stereocenters. The van der Waals surface area contributed by atoms with Crippen molar-refractivity contribution in [2.24, 2.45) is 0 Å². The summed E-state index contributed by atoms with van der Waals surface area (Å²) in [6.45, 7) is 0. The molecule has 0 aliphatic heterocycles. The van der Waals surface area contributed by atoms with Crippen LogP contribution in [0.5, 0.6) is 5.75 Å². The van der Waals surface area contributed by atoms with Crippen LogP contribution in [-0.4, -0.2) is 16.2 Å². The summed E-state index contributed by atoms with van der Waals surface area (Å²) < 4.78 is 26.6. The lowest BCUT2D eigenvalue weighted by Gasteiger charge is -2.08. The Balaban J connectivity index is 2.66. The van der Waals surface area contributed by atoms with Gasteiger partial charge in [0.15, 0.2) is 0 Å². The zero-order valence-electron chi connectivity index (χ0n) is 9.32. The predicted molar refractivity (Wildman–Crippen MR) is 73.1 cm³/mol. The minimum atomic E-state index is -1.31. The molecule has 0 aromatic heterocycles. The fraction of sp³-hybridized carbons (Fsp3) is 0. The summed E-state index contributed by atoms with van der Waals surface area (Å²) in [6, 6.07) is 5.55. The van der Waals surface area contributed by atoms with E-state index in [0.717, 1.165) is 18.2 Å². The molecule has 2 aromatic rings. The lowest BCUT2D eigenvalue weighted by Crippen LogP contribution is -1.99. The van der Waals surface area contributed by atoms with Gasteiger partial charge in [-0.25, -0.2) is 13.6 Å². The number of carbonyl (C=O) groups is 1. The van der Waals surface area contributed by atoms with Crippen LogP contribution in [0.15, 0.2) is 30.3 Å². The van der Waals surface area contributed by atoms with Crippen LogP contribution in [0, 0.1) is 15.2 Å². The number of hydrogen-bond acceptors (Lipinski definition) is 2. The minimum Gasteiger partial charge on any atom is -0.506 e. The molecule has 98 valence electrons. The van der Waals surface area contributed by atoms with Crippen molar-refractivity contribution in [3.8, 4) is 16.9 Å². The number of rotatable bonds is 2. The highest BCUT2D eigenvalue weighted by Gasteiger charge is 2.15. The molecule has 0 saturated carbocycles. The predicted octanol–water partition coefficient (Wildman–Crippen LogP) is 3.64. The molecule has 2 N–H and O–H groups in total. The maximum absolute atomic E-state index is 13.1. The monoisotopic (exact) mass is 376 g/mol. The van der Waals surface area contributed by atoms with Crippen molar-refractivity contribution in [1.29, 1.82) is 0 Å². The molecule has 2 rings (SSSR count). The average Bonchev–Trinajstić information content (AvgIpc) is 2.30. The molecule has 0 bridgehead atoms. The summed E-state index contributed by atoms with van der Waals surface area (Å²) in [4.78, 5) is 11.0. The van der Waals surface area contributed by atoms with Crippen molar-refractivity contribution in [1.82, 2.24) is 0 Å². The van der Waals surface area contributed by atoms with Crippen molar-refractivity contribution in [3.63, 3.8) is 0 Å². The second-order valence-corrected chi connectivity index (χ2v) is 4.98. The Morgan fingerprint density at radius 1 is 1.00 bits per heavy atom. The number of halogens is 3. The molecule has 0 amide bonds. The maximum Gasteiger partial charge on any atom is 0.339 e. The molecule has 0 radical (unpaired) electrons. The molecular formula is C13H7F2IO3. The fourth-order valence-corrected chi connectivity index (χ4v) is 2.28. The molecule has 0 aliphatic rings. The summed E-state index contributed by atoms with van der Waals surface area (Å²) in [5, 5.41) is 18.6. The highest BCUT2D eigenvalue weighted by Crippen LogP contribution is 2.31. The van der Waals surface area contributed by atoms with Crippen molar-refractivity contribution < 1.29 is 23.8 Å². The van der Waals surface area contributed by atoms with E-state index in [9.17, 15) is 18.7 Å². The quantitative estimate of drug-likeness (QED) is 0.787. The highest BCUT2D eigenvalue weighted by molar-refractivity contribution is 14.1. The lowest BCUT2D eigenvalue weighted by atomic mass is 10.0. The van der Waals surface area contributed by atoms with Crippen LogP contribution in [0.1, 0.15) is 10.4 Å². The van der Waals surface area contributed by atoms with Gasteiger partial charge in [-0.3, -0.25) is 0 Å². The topological polar surface area (TPSA) is 57.5 Å². The summed E-state index contributed by atoms with van der Waals surface area (Å²) in [5.41, 5.74) is 0.211. The third-order valence-corrected chi connectivity index (χ3v) is 3.31. The van der Waals surface area contributed by atoms with Gasteiger partial charge in [-0.15, -0.1) is 0 Å². The molecule has 2 aromatic carbocycles. The first-order valence-corrected chi connectivity index (χ1v) is 6.18. The van der Waals surface area contributed by atoms with Gasteiger partial charge in [-0.1, -0.05) is 0 Å². The molecule has 0 heterocycles. The van der Waals surface area contributed by atoms with Crippen LogP contribution in [0.2, 0.25) is 0 Å². The average molecular weight is 376 g/mol. The van der Waals surface area contributed by atoms with E-state index in [-0.39, 0.29) is 20.4 Å². The van der Waals surface area contributed by atoms with Crippen LogP contribution >= 0.6 is 22.6 Å². The third kappa shape index (κ3) is 2.83. The number of aromatic hydroxyl groups is 1. The van der Waals surface area contributed by atoms with Crippen LogP contribution < -0.4 is 0 Å². The Kier molecular flexibility index (Phi) is 3.70. The second-order valence-electron chi connectivity index (χ2n) is 3.82. The molecule has 6 heteroatoms. The van der Waals surface area contributed by atoms with Gasteiger partial charge in [0.1, 0.15) is 22.9 Å². The first-order valence-electron chi connectivity index (χ1n) is 5.11. The Bertz CT molecular complexity index is 651. The van der Waals surface area contributed by atoms with Crippen molar-refractivity contribution >= 4 is 28.6 Å². The fourth-order valence-electron chi connectivity index (χ4n) is 1.65. The number of hydrogen-bond donors (Lipinski definition) is 2. The van der Waals surface area contributed by atoms with Crippen molar-refractivity contribution in [2.45, 2.75) is 0 Å². The lowest BCUT2D eigenvalue weighted by molar-refractivity contribution is 0.0693. The molecule has 0 saturated heterocycles. The van der Waals surface area contributed by atoms with Crippen molar-refractivity contribution in [3.05, 3.63) is 51.1 Å². The van der Waals surface area contributed by atoms with E-state index < -0.39 is 17.6 Å². The molecule has 0 aliphatic carbocycles. The number of benzene rings is 2. The van der Waals surface area contributed by atoms with E-state index in [1.807, 2.05) is 0 Å². The van der Waals surface area contributed by atoms with Gasteiger partial charge in [-0.2, -0.15) is 0 Å². The summed E-state index contributed by atoms with van der Waals surface area (Å²) >= 11 is 1.75. The number of carboxylic acid groups (broad SMARTS) is 1. The van der Waals surface area contributed by atoms with E-state index in [0.29, 0.717) is 5.56 Å². The zero-order valence-corrected chi connectivity index (χ0v) is 11.5. The Morgan fingerprint density at radius 3 is 2.05 bits per heavy atom. The van der Waals surface area contributed by atoms with Gasteiger partial charge < -0.3 is 10.2 Å². The smallest absolute Gasteiger partial charge is 0.339 e. The first kappa shape index (κ1) is 13.7. The largest absolute Gasteiger partial charge is 0.506 e. The Morgan fingerprint density at radius 2 is 1.53 bits per heavy atom. The van der Waals surface area contributed by atoms with E-state index in [4.69, 9.17) is 5.11 Å². The van der Waals surface area contributed by atoms with Crippen LogP contribution in [0.4, 0.5) is 8.78 Å². The second kappa shape index (κ2) is 5.12. The van der Waals surface area contributed by atoms with Gasteiger partial charge in [-0.05, 0) is 58.0 Å². The Labute approximate surface area is 120 Å². The van der Waals surface area contributed by atoms with Gasteiger partial charge in [0.05, 0.1) is 3.57 Å². The first-order chi connectivity index (χ1) is 8.88. The van der Waals surface area contributed by atoms with Crippen LogP contribution in [0.3, 0.4) is 0 Å². The van der Waals surface area contributed by atoms with Gasteiger partial charge >= 0.3 is 5.97 Å². The Hall–Kier alpha value is -1.70. The van der Waals surface area contributed by atoms with E-state index >= 15 is 0 Å².